The molecule has 0 saturated heterocycles. The quantitative estimate of drug-likeness (QED) is 0.157. The van der Waals surface area contributed by atoms with Crippen molar-refractivity contribution in [3.8, 4) is 6.07 Å². The van der Waals surface area contributed by atoms with Gasteiger partial charge in [-0.25, -0.2) is 19.2 Å². The zero-order chi connectivity index (χ0) is 39.5. The van der Waals surface area contributed by atoms with E-state index in [0.29, 0.717) is 12.1 Å². The van der Waals surface area contributed by atoms with Gasteiger partial charge in [-0.3, -0.25) is 14.5 Å². The third-order valence-electron chi connectivity index (χ3n) is 8.24. The number of ether oxygens (including phenoxy) is 2. The van der Waals surface area contributed by atoms with Crippen LogP contribution in [0.15, 0.2) is 60.7 Å². The molecule has 4 N–H and O–H groups in total. The molecule has 0 bridgehead atoms. The van der Waals surface area contributed by atoms with E-state index in [9.17, 15) is 34.0 Å². The van der Waals surface area contributed by atoms with Crippen LogP contribution in [0.5, 0.6) is 0 Å². The number of methoxy groups -OCH3 is 2. The summed E-state index contributed by atoms with van der Waals surface area (Å²) in [5, 5.41) is 20.2. The molecule has 4 atom stereocenters. The van der Waals surface area contributed by atoms with Gasteiger partial charge in [-0.1, -0.05) is 76.2 Å². The molecule has 0 fully saturated rings. The molecule has 0 saturated carbocycles. The van der Waals surface area contributed by atoms with Gasteiger partial charge in [-0.05, 0) is 42.9 Å². The second-order valence-electron chi connectivity index (χ2n) is 13.2. The average molecular weight is 736 g/mol. The third-order valence-corrected chi connectivity index (χ3v) is 8.24. The number of amides is 6. The summed E-state index contributed by atoms with van der Waals surface area (Å²) in [7, 11) is 2.44. The average Bonchev–Trinajstić information content (AvgIpc) is 3.14. The first-order valence-corrected chi connectivity index (χ1v) is 17.6. The monoisotopic (exact) mass is 735 g/mol. The number of nitrogens with one attached hydrogen (secondary N) is 4. The molecule has 2 aromatic rings. The summed E-state index contributed by atoms with van der Waals surface area (Å²) in [6.07, 6.45) is 0.408. The van der Waals surface area contributed by atoms with Gasteiger partial charge in [0.25, 0.3) is 0 Å². The van der Waals surface area contributed by atoms with Crippen molar-refractivity contribution in [3.05, 3.63) is 66.2 Å². The van der Waals surface area contributed by atoms with Gasteiger partial charge in [-0.2, -0.15) is 5.26 Å². The largest absolute Gasteiger partial charge is 0.467 e. The van der Waals surface area contributed by atoms with Crippen molar-refractivity contribution < 1.29 is 38.2 Å². The van der Waals surface area contributed by atoms with Gasteiger partial charge in [0.2, 0.25) is 11.8 Å². The normalized spacial score (nSPS) is 13.0. The molecule has 0 aliphatic rings. The number of nitriles is 1. The molecule has 15 heteroatoms. The van der Waals surface area contributed by atoms with Crippen LogP contribution in [0, 0.1) is 23.2 Å². The number of carbonyl (C=O) groups is 6. The number of carbonyl (C=O) groups excluding carboxylic acids is 6. The van der Waals surface area contributed by atoms with Crippen LogP contribution < -0.4 is 26.2 Å². The van der Waals surface area contributed by atoms with Crippen molar-refractivity contribution >= 4 is 41.5 Å². The second kappa shape index (κ2) is 22.3. The number of urea groups is 2. The summed E-state index contributed by atoms with van der Waals surface area (Å²) >= 11 is 0. The Bertz CT molecular complexity index is 1550. The fourth-order valence-corrected chi connectivity index (χ4v) is 5.36. The molecule has 0 aliphatic carbocycles. The molecule has 0 unspecified atom stereocenters. The smallest absolute Gasteiger partial charge is 0.328 e. The van der Waals surface area contributed by atoms with Gasteiger partial charge in [0, 0.05) is 31.7 Å². The highest BCUT2D eigenvalue weighted by molar-refractivity contribution is 5.97. The lowest BCUT2D eigenvalue weighted by Crippen LogP contribution is -2.57. The van der Waals surface area contributed by atoms with Crippen LogP contribution in [0.25, 0.3) is 0 Å². The van der Waals surface area contributed by atoms with Crippen molar-refractivity contribution in [2.45, 2.75) is 78.0 Å². The molecular weight excluding hydrogens is 682 g/mol. The number of hydrogen-bond donors (Lipinski definition) is 4. The Hall–Kier alpha value is -5.65. The van der Waals surface area contributed by atoms with E-state index in [1.54, 1.807) is 44.2 Å². The van der Waals surface area contributed by atoms with Gasteiger partial charge >= 0.3 is 24.0 Å². The third kappa shape index (κ3) is 14.5. The Labute approximate surface area is 311 Å². The van der Waals surface area contributed by atoms with E-state index >= 15 is 0 Å². The summed E-state index contributed by atoms with van der Waals surface area (Å²) in [5.74, 6) is -2.74. The highest BCUT2D eigenvalue weighted by Crippen LogP contribution is 2.16. The van der Waals surface area contributed by atoms with E-state index in [4.69, 9.17) is 4.74 Å². The minimum Gasteiger partial charge on any atom is -0.467 e. The molecule has 0 aromatic heterocycles. The summed E-state index contributed by atoms with van der Waals surface area (Å²) in [6.45, 7) is 8.60. The zero-order valence-electron chi connectivity index (χ0n) is 31.6. The molecule has 0 radical (unpaired) electrons. The Morgan fingerprint density at radius 3 is 1.85 bits per heavy atom. The molecule has 15 nitrogen and oxygen atoms in total. The van der Waals surface area contributed by atoms with Crippen LogP contribution in [0.4, 0.5) is 15.3 Å². The van der Waals surface area contributed by atoms with Gasteiger partial charge in [0.1, 0.15) is 24.2 Å². The number of hydrogen-bond acceptors (Lipinski definition) is 9. The van der Waals surface area contributed by atoms with Crippen LogP contribution >= 0.6 is 0 Å². The van der Waals surface area contributed by atoms with Crippen LogP contribution in [-0.2, 0) is 35.1 Å². The molecule has 0 aliphatic heterocycles. The van der Waals surface area contributed by atoms with Crippen LogP contribution in [-0.4, -0.2) is 98.7 Å². The van der Waals surface area contributed by atoms with E-state index < -0.39 is 60.0 Å². The van der Waals surface area contributed by atoms with E-state index in [0.717, 1.165) is 5.56 Å². The van der Waals surface area contributed by atoms with Crippen LogP contribution in [0.1, 0.15) is 53.0 Å². The predicted molar refractivity (Wildman–Crippen MR) is 198 cm³/mol. The summed E-state index contributed by atoms with van der Waals surface area (Å²) in [4.78, 5) is 81.7. The standard InChI is InChI=1S/C38H53N7O8/c1-25(2)23-31(36(49)53-7)41-33(46)30(24-28-15-10-8-11-16-28)42-38(51)45(29-17-12-9-13-18-29)22-21-44(20-14-19-39)37(50)43-32(26(3)4)34(47)40-27(5)35(48)52-6/h8-13,15-18,25-27,30-32H,14,20-24H2,1-7H3,(H,40,47)(H,41,46)(H,42,51)(H,43,50)/t27-,30-,31-,32-/m0/s1. The molecule has 288 valence electrons. The second-order valence-corrected chi connectivity index (χ2v) is 13.2. The van der Waals surface area contributed by atoms with Gasteiger partial charge in [0.05, 0.1) is 26.7 Å². The van der Waals surface area contributed by atoms with Gasteiger partial charge in [0.15, 0.2) is 0 Å². The molecule has 0 spiro atoms. The van der Waals surface area contributed by atoms with E-state index in [1.807, 2.05) is 50.2 Å². The van der Waals surface area contributed by atoms with Crippen molar-refractivity contribution in [1.29, 1.82) is 5.26 Å². The molecule has 53 heavy (non-hydrogen) atoms. The minimum atomic E-state index is -1.11. The van der Waals surface area contributed by atoms with E-state index in [1.165, 1.54) is 30.9 Å². The maximum absolute atomic E-state index is 14.1. The van der Waals surface area contributed by atoms with E-state index in [-0.39, 0.29) is 44.3 Å². The van der Waals surface area contributed by atoms with Crippen molar-refractivity contribution in [3.63, 3.8) is 0 Å². The fourth-order valence-electron chi connectivity index (χ4n) is 5.36. The lowest BCUT2D eigenvalue weighted by Gasteiger charge is -2.31. The Kier molecular flexibility index (Phi) is 18.3. The Balaban J connectivity index is 2.37. The Morgan fingerprint density at radius 1 is 0.698 bits per heavy atom. The first kappa shape index (κ1) is 43.5. The number of nitrogens with zero attached hydrogens (tertiary/aromatic N) is 3. The highest BCUT2D eigenvalue weighted by Gasteiger charge is 2.32. The van der Waals surface area contributed by atoms with Crippen LogP contribution in [0.2, 0.25) is 0 Å². The minimum absolute atomic E-state index is 0.0125. The zero-order valence-corrected chi connectivity index (χ0v) is 31.6. The molecular formula is C38H53N7O8. The summed E-state index contributed by atoms with van der Waals surface area (Å²) in [5.41, 5.74) is 1.23. The number of para-hydroxylation sites is 1. The first-order chi connectivity index (χ1) is 25.2. The highest BCUT2D eigenvalue weighted by atomic mass is 16.5. The number of anilines is 1. The molecule has 2 aromatic carbocycles. The predicted octanol–water partition coefficient (Wildman–Crippen LogP) is 3.15. The van der Waals surface area contributed by atoms with Gasteiger partial charge in [-0.15, -0.1) is 0 Å². The van der Waals surface area contributed by atoms with E-state index in [2.05, 4.69) is 26.0 Å². The molecule has 0 heterocycles. The maximum atomic E-state index is 14.1. The van der Waals surface area contributed by atoms with Crippen molar-refractivity contribution in [2.75, 3.05) is 38.8 Å². The number of rotatable bonds is 19. The summed E-state index contributed by atoms with van der Waals surface area (Å²) in [6, 6.07) is 14.4. The SMILES string of the molecule is COC(=O)[C@H](C)NC(=O)[C@@H](NC(=O)N(CCC#N)CCN(C(=O)N[C@@H](Cc1ccccc1)C(=O)N[C@@H](CC(C)C)C(=O)OC)c1ccccc1)C(C)C. The summed E-state index contributed by atoms with van der Waals surface area (Å²) < 4.78 is 9.60. The van der Waals surface area contributed by atoms with Gasteiger partial charge < -0.3 is 35.6 Å². The fraction of sp³-hybridized carbons (Fsp3) is 0.500. The van der Waals surface area contributed by atoms with Crippen LogP contribution in [0.3, 0.4) is 0 Å². The molecule has 2 rings (SSSR count). The van der Waals surface area contributed by atoms with Crippen molar-refractivity contribution in [2.24, 2.45) is 11.8 Å². The number of esters is 2. The topological polar surface area (TPSA) is 199 Å². The first-order valence-electron chi connectivity index (χ1n) is 17.6. The maximum Gasteiger partial charge on any atom is 0.328 e. The van der Waals surface area contributed by atoms with Crippen molar-refractivity contribution in [1.82, 2.24) is 26.2 Å². The number of benzene rings is 2. The lowest BCUT2D eigenvalue weighted by molar-refractivity contribution is -0.145. The molecule has 6 amide bonds. The Morgan fingerprint density at radius 2 is 1.30 bits per heavy atom. The lowest BCUT2D eigenvalue weighted by atomic mass is 10.0.